The Morgan fingerprint density at radius 1 is 1.16 bits per heavy atom. The molecule has 2 atom stereocenters. The van der Waals surface area contributed by atoms with Gasteiger partial charge in [0.1, 0.15) is 11.5 Å². The van der Waals surface area contributed by atoms with Crippen LogP contribution in [-0.2, 0) is 29.7 Å². The molecule has 174 valence electrons. The van der Waals surface area contributed by atoms with E-state index in [1.807, 2.05) is 30.9 Å². The molecule has 2 aromatic rings. The first kappa shape index (κ1) is 21.7. The molecule has 8 nitrogen and oxygen atoms in total. The lowest BCUT2D eigenvalue weighted by Gasteiger charge is -2.39. The van der Waals surface area contributed by atoms with Crippen LogP contribution in [0.4, 0.5) is 0 Å². The number of rotatable bonds is 5. The molecule has 3 aliphatic rings. The highest BCUT2D eigenvalue weighted by Crippen LogP contribution is 2.45. The third-order valence-corrected chi connectivity index (χ3v) is 7.41. The first-order valence-electron chi connectivity index (χ1n) is 11.9. The molecule has 0 spiro atoms. The van der Waals surface area contributed by atoms with Gasteiger partial charge < -0.3 is 14.1 Å². The van der Waals surface area contributed by atoms with Crippen molar-refractivity contribution in [3.63, 3.8) is 0 Å². The fourth-order valence-electron chi connectivity index (χ4n) is 5.91. The van der Waals surface area contributed by atoms with Crippen LogP contribution in [-0.4, -0.2) is 82.9 Å². The van der Waals surface area contributed by atoms with Gasteiger partial charge in [0.15, 0.2) is 0 Å². The third kappa shape index (κ3) is 4.36. The highest BCUT2D eigenvalue weighted by Gasteiger charge is 2.54. The van der Waals surface area contributed by atoms with Gasteiger partial charge in [-0.15, -0.1) is 0 Å². The Balaban J connectivity index is 1.37. The second-order valence-corrected chi connectivity index (χ2v) is 9.80. The molecule has 3 fully saturated rings. The minimum Gasteiger partial charge on any atom is -0.465 e. The number of aromatic nitrogens is 2. The van der Waals surface area contributed by atoms with Crippen molar-refractivity contribution < 1.29 is 13.9 Å². The lowest BCUT2D eigenvalue weighted by molar-refractivity contribution is -0.148. The van der Waals surface area contributed by atoms with E-state index in [0.29, 0.717) is 38.1 Å². The van der Waals surface area contributed by atoms with Crippen molar-refractivity contribution >= 4 is 5.91 Å². The maximum Gasteiger partial charge on any atom is 0.230 e. The Bertz CT molecular complexity index is 934. The van der Waals surface area contributed by atoms with E-state index in [4.69, 9.17) is 9.15 Å². The SMILES string of the molecule is Cc1ccc(CN2CCC[C@]3(C(=O)N4CCOCC4)CN(Cc4cnn(C)c4)C[C@@H]3C2)o1. The summed E-state index contributed by atoms with van der Waals surface area (Å²) in [6, 6.07) is 4.11. The van der Waals surface area contributed by atoms with Crippen molar-refractivity contribution in [2.75, 3.05) is 52.5 Å². The van der Waals surface area contributed by atoms with Crippen molar-refractivity contribution in [1.82, 2.24) is 24.5 Å². The average Bonchev–Trinajstić information content (AvgIpc) is 3.45. The number of likely N-dealkylation sites (tertiary alicyclic amines) is 2. The number of furan rings is 1. The summed E-state index contributed by atoms with van der Waals surface area (Å²) in [6.45, 7) is 10.1. The quantitative estimate of drug-likeness (QED) is 0.706. The Kier molecular flexibility index (Phi) is 6.09. The number of amides is 1. The number of hydrogen-bond acceptors (Lipinski definition) is 6. The smallest absolute Gasteiger partial charge is 0.230 e. The molecule has 2 aromatic heterocycles. The zero-order chi connectivity index (χ0) is 22.1. The van der Waals surface area contributed by atoms with E-state index >= 15 is 0 Å². The molecule has 0 aliphatic carbocycles. The number of nitrogens with zero attached hydrogens (tertiary/aromatic N) is 5. The van der Waals surface area contributed by atoms with Gasteiger partial charge >= 0.3 is 0 Å². The first-order valence-corrected chi connectivity index (χ1v) is 11.9. The molecule has 32 heavy (non-hydrogen) atoms. The Hall–Kier alpha value is -2.16. The second-order valence-electron chi connectivity index (χ2n) is 9.80. The Morgan fingerprint density at radius 2 is 1.97 bits per heavy atom. The van der Waals surface area contributed by atoms with Crippen LogP contribution in [0.5, 0.6) is 0 Å². The number of aryl methyl sites for hydroxylation is 2. The van der Waals surface area contributed by atoms with Gasteiger partial charge in [0.2, 0.25) is 5.91 Å². The minimum absolute atomic E-state index is 0.312. The number of morpholine rings is 1. The van der Waals surface area contributed by atoms with E-state index in [1.54, 1.807) is 0 Å². The van der Waals surface area contributed by atoms with Gasteiger partial charge in [0.25, 0.3) is 0 Å². The summed E-state index contributed by atoms with van der Waals surface area (Å²) in [5.74, 6) is 2.62. The first-order chi connectivity index (χ1) is 15.5. The fourth-order valence-corrected chi connectivity index (χ4v) is 5.91. The summed E-state index contributed by atoms with van der Waals surface area (Å²) in [4.78, 5) is 21.0. The van der Waals surface area contributed by atoms with Crippen LogP contribution in [0.2, 0.25) is 0 Å². The third-order valence-electron chi connectivity index (χ3n) is 7.41. The van der Waals surface area contributed by atoms with Crippen molar-refractivity contribution in [3.8, 4) is 0 Å². The van der Waals surface area contributed by atoms with Crippen molar-refractivity contribution in [2.45, 2.75) is 32.9 Å². The summed E-state index contributed by atoms with van der Waals surface area (Å²) >= 11 is 0. The summed E-state index contributed by atoms with van der Waals surface area (Å²) in [5.41, 5.74) is 0.897. The number of fused-ring (bicyclic) bond motifs is 1. The zero-order valence-electron chi connectivity index (χ0n) is 19.3. The highest BCUT2D eigenvalue weighted by atomic mass is 16.5. The molecule has 5 heterocycles. The van der Waals surface area contributed by atoms with Crippen LogP contribution in [0, 0.1) is 18.3 Å². The van der Waals surface area contributed by atoms with Crippen LogP contribution in [0.1, 0.15) is 29.9 Å². The molecule has 0 saturated carbocycles. The maximum absolute atomic E-state index is 14.0. The highest BCUT2D eigenvalue weighted by molar-refractivity contribution is 5.84. The van der Waals surface area contributed by atoms with Crippen LogP contribution < -0.4 is 0 Å². The predicted octanol–water partition coefficient (Wildman–Crippen LogP) is 1.89. The van der Waals surface area contributed by atoms with Crippen LogP contribution >= 0.6 is 0 Å². The molecule has 3 aliphatic heterocycles. The van der Waals surface area contributed by atoms with E-state index in [9.17, 15) is 4.79 Å². The van der Waals surface area contributed by atoms with Gasteiger partial charge in [-0.25, -0.2) is 0 Å². The molecule has 3 saturated heterocycles. The molecule has 0 bridgehead atoms. The van der Waals surface area contributed by atoms with E-state index in [1.165, 1.54) is 5.56 Å². The van der Waals surface area contributed by atoms with Crippen LogP contribution in [0.25, 0.3) is 0 Å². The van der Waals surface area contributed by atoms with Gasteiger partial charge in [-0.2, -0.15) is 5.10 Å². The van der Waals surface area contributed by atoms with E-state index in [0.717, 1.165) is 63.6 Å². The minimum atomic E-state index is -0.312. The largest absolute Gasteiger partial charge is 0.465 e. The molecule has 5 rings (SSSR count). The summed E-state index contributed by atoms with van der Waals surface area (Å²) in [6.07, 6.45) is 6.00. The predicted molar refractivity (Wildman–Crippen MR) is 120 cm³/mol. The summed E-state index contributed by atoms with van der Waals surface area (Å²) < 4.78 is 13.2. The molecule has 0 unspecified atom stereocenters. The average molecular weight is 442 g/mol. The van der Waals surface area contributed by atoms with Gasteiger partial charge in [-0.05, 0) is 44.4 Å². The van der Waals surface area contributed by atoms with Gasteiger partial charge in [0.05, 0.1) is 31.4 Å². The number of ether oxygens (including phenoxy) is 1. The number of hydrogen-bond donors (Lipinski definition) is 0. The second kappa shape index (κ2) is 9.00. The lowest BCUT2D eigenvalue weighted by Crippen LogP contribution is -2.52. The monoisotopic (exact) mass is 441 g/mol. The van der Waals surface area contributed by atoms with Crippen molar-refractivity contribution in [3.05, 3.63) is 41.6 Å². The normalized spacial score (nSPS) is 27.4. The molecule has 1 amide bonds. The van der Waals surface area contributed by atoms with Crippen molar-refractivity contribution in [2.24, 2.45) is 18.4 Å². The van der Waals surface area contributed by atoms with Gasteiger partial charge in [-0.3, -0.25) is 19.3 Å². The fraction of sp³-hybridized carbons (Fsp3) is 0.667. The topological polar surface area (TPSA) is 67.0 Å². The Morgan fingerprint density at radius 3 is 2.69 bits per heavy atom. The standard InChI is InChI=1S/C24H35N5O3/c1-19-4-5-22(32-19)17-27-7-3-6-24(23(30)29-8-10-31-11-9-29)18-28(16-21(24)15-27)14-20-12-25-26(2)13-20/h4-5,12-13,21H,3,6-11,14-18H2,1-2H3/t21-,24-/m0/s1. The molecule has 8 heteroatoms. The van der Waals surface area contributed by atoms with E-state index in [2.05, 4.69) is 32.1 Å². The molecule has 0 aromatic carbocycles. The Labute approximate surface area is 190 Å². The van der Waals surface area contributed by atoms with Crippen LogP contribution in [0.3, 0.4) is 0 Å². The van der Waals surface area contributed by atoms with Gasteiger partial charge in [0, 0.05) is 58.1 Å². The van der Waals surface area contributed by atoms with E-state index in [-0.39, 0.29) is 5.41 Å². The van der Waals surface area contributed by atoms with E-state index < -0.39 is 0 Å². The lowest BCUT2D eigenvalue weighted by atomic mass is 9.73. The summed E-state index contributed by atoms with van der Waals surface area (Å²) in [5, 5.41) is 4.33. The molecule has 0 N–H and O–H groups in total. The zero-order valence-corrected chi connectivity index (χ0v) is 19.3. The number of carbonyl (C=O) groups is 1. The maximum atomic E-state index is 14.0. The number of carbonyl (C=O) groups excluding carboxylic acids is 1. The summed E-state index contributed by atoms with van der Waals surface area (Å²) in [7, 11) is 1.95. The molecular weight excluding hydrogens is 406 g/mol. The van der Waals surface area contributed by atoms with Crippen LogP contribution in [0.15, 0.2) is 28.9 Å². The molecular formula is C24H35N5O3. The van der Waals surface area contributed by atoms with Gasteiger partial charge in [-0.1, -0.05) is 0 Å². The van der Waals surface area contributed by atoms with Crippen molar-refractivity contribution in [1.29, 1.82) is 0 Å². The molecule has 0 radical (unpaired) electrons.